The van der Waals surface area contributed by atoms with Gasteiger partial charge in [-0.3, -0.25) is 9.59 Å². The number of aliphatic carboxylic acids is 1. The second-order valence-corrected chi connectivity index (χ2v) is 4.99. The maximum atomic E-state index is 12.0. The minimum Gasteiger partial charge on any atom is -0.480 e. The van der Waals surface area contributed by atoms with Gasteiger partial charge in [-0.2, -0.15) is 0 Å². The van der Waals surface area contributed by atoms with E-state index >= 15 is 0 Å². The number of hydrogen-bond donors (Lipinski definition) is 1. The van der Waals surface area contributed by atoms with Crippen LogP contribution in [0.25, 0.3) is 0 Å². The van der Waals surface area contributed by atoms with Crippen molar-refractivity contribution in [1.29, 1.82) is 0 Å². The van der Waals surface area contributed by atoms with E-state index in [-0.39, 0.29) is 18.4 Å². The number of carboxylic acid groups (broad SMARTS) is 1. The Morgan fingerprint density at radius 2 is 2.18 bits per heavy atom. The van der Waals surface area contributed by atoms with E-state index in [1.54, 1.807) is 6.92 Å². The van der Waals surface area contributed by atoms with Crippen LogP contribution in [-0.2, 0) is 4.79 Å². The molecular weight excluding hydrogens is 240 g/mol. The topological polar surface area (TPSA) is 70.5 Å². The predicted molar refractivity (Wildman–Crippen MR) is 65.4 cm³/mol. The number of thiazole rings is 1. The highest BCUT2D eigenvalue weighted by molar-refractivity contribution is 7.13. The first-order chi connectivity index (χ1) is 7.95. The van der Waals surface area contributed by atoms with E-state index in [1.807, 2.05) is 13.8 Å². The molecule has 0 aliphatic rings. The lowest BCUT2D eigenvalue weighted by Gasteiger charge is -2.16. The van der Waals surface area contributed by atoms with Gasteiger partial charge in [-0.05, 0) is 6.92 Å². The SMILES string of the molecule is CCN(CC(=O)O)C(=O)c1cnc(C(C)C)s1. The molecule has 0 aromatic carbocycles. The summed E-state index contributed by atoms with van der Waals surface area (Å²) < 4.78 is 0. The van der Waals surface area contributed by atoms with Gasteiger partial charge in [0.15, 0.2) is 0 Å². The maximum absolute atomic E-state index is 12.0. The summed E-state index contributed by atoms with van der Waals surface area (Å²) in [5, 5.41) is 9.59. The molecule has 17 heavy (non-hydrogen) atoms. The molecule has 1 aromatic heterocycles. The lowest BCUT2D eigenvalue weighted by atomic mass is 10.2. The summed E-state index contributed by atoms with van der Waals surface area (Å²) in [6.45, 7) is 5.86. The molecule has 6 heteroatoms. The van der Waals surface area contributed by atoms with Crippen molar-refractivity contribution in [3.63, 3.8) is 0 Å². The van der Waals surface area contributed by atoms with Gasteiger partial charge in [0.25, 0.3) is 5.91 Å². The summed E-state index contributed by atoms with van der Waals surface area (Å²) in [5.74, 6) is -0.996. The smallest absolute Gasteiger partial charge is 0.323 e. The third-order valence-corrected chi connectivity index (χ3v) is 3.51. The third kappa shape index (κ3) is 3.52. The second kappa shape index (κ2) is 5.77. The molecule has 1 heterocycles. The Balaban J connectivity index is 2.82. The number of carbonyl (C=O) groups is 2. The Labute approximate surface area is 104 Å². The zero-order chi connectivity index (χ0) is 13.0. The number of nitrogens with zero attached hydrogens (tertiary/aromatic N) is 2. The Morgan fingerprint density at radius 3 is 2.59 bits per heavy atom. The van der Waals surface area contributed by atoms with Crippen LogP contribution in [-0.4, -0.2) is 40.0 Å². The van der Waals surface area contributed by atoms with Gasteiger partial charge in [-0.15, -0.1) is 11.3 Å². The number of carbonyl (C=O) groups excluding carboxylic acids is 1. The molecule has 94 valence electrons. The summed E-state index contributed by atoms with van der Waals surface area (Å²) in [7, 11) is 0. The number of rotatable bonds is 5. The van der Waals surface area contributed by atoms with Crippen LogP contribution < -0.4 is 0 Å². The average Bonchev–Trinajstić information content (AvgIpc) is 2.73. The van der Waals surface area contributed by atoms with Gasteiger partial charge in [0.2, 0.25) is 0 Å². The largest absolute Gasteiger partial charge is 0.480 e. The van der Waals surface area contributed by atoms with Gasteiger partial charge >= 0.3 is 5.97 Å². The van der Waals surface area contributed by atoms with E-state index < -0.39 is 5.97 Å². The Morgan fingerprint density at radius 1 is 1.53 bits per heavy atom. The van der Waals surface area contributed by atoms with Crippen LogP contribution in [0.5, 0.6) is 0 Å². The van der Waals surface area contributed by atoms with E-state index in [4.69, 9.17) is 5.11 Å². The van der Waals surface area contributed by atoms with Crippen molar-refractivity contribution in [3.05, 3.63) is 16.1 Å². The van der Waals surface area contributed by atoms with Gasteiger partial charge in [-0.25, -0.2) is 4.98 Å². The molecule has 0 unspecified atom stereocenters. The molecule has 1 amide bonds. The summed E-state index contributed by atoms with van der Waals surface area (Å²) >= 11 is 1.32. The van der Waals surface area contributed by atoms with Gasteiger partial charge in [0.1, 0.15) is 11.4 Å². The summed E-state index contributed by atoms with van der Waals surface area (Å²) in [6, 6.07) is 0. The molecule has 5 nitrogen and oxygen atoms in total. The highest BCUT2D eigenvalue weighted by Crippen LogP contribution is 2.22. The molecule has 0 atom stereocenters. The third-order valence-electron chi connectivity index (χ3n) is 2.22. The molecule has 0 bridgehead atoms. The number of amides is 1. The minimum absolute atomic E-state index is 0.265. The second-order valence-electron chi connectivity index (χ2n) is 3.93. The molecule has 1 rings (SSSR count). The van der Waals surface area contributed by atoms with E-state index in [1.165, 1.54) is 22.4 Å². The quantitative estimate of drug-likeness (QED) is 0.872. The average molecular weight is 256 g/mol. The van der Waals surface area contributed by atoms with E-state index in [0.717, 1.165) is 5.01 Å². The number of likely N-dealkylation sites (N-methyl/N-ethyl adjacent to an activating group) is 1. The lowest BCUT2D eigenvalue weighted by Crippen LogP contribution is -2.34. The molecule has 0 saturated heterocycles. The van der Waals surface area contributed by atoms with Crippen molar-refractivity contribution in [2.45, 2.75) is 26.7 Å². The normalized spacial score (nSPS) is 10.6. The van der Waals surface area contributed by atoms with Crippen LogP contribution >= 0.6 is 11.3 Å². The van der Waals surface area contributed by atoms with Crippen LogP contribution in [0.2, 0.25) is 0 Å². The first kappa shape index (κ1) is 13.6. The molecule has 0 aliphatic carbocycles. The Bertz CT molecular complexity index is 415. The summed E-state index contributed by atoms with van der Waals surface area (Å²) in [5.41, 5.74) is 0. The van der Waals surface area contributed by atoms with Crippen LogP contribution in [0.3, 0.4) is 0 Å². The standard InChI is InChI=1S/C11H16N2O3S/c1-4-13(6-9(14)15)11(16)8-5-12-10(17-8)7(2)3/h5,7H,4,6H2,1-3H3,(H,14,15). The fraction of sp³-hybridized carbons (Fsp3) is 0.545. The summed E-state index contributed by atoms with van der Waals surface area (Å²) in [4.78, 5) is 28.5. The van der Waals surface area contributed by atoms with Crippen molar-refractivity contribution in [3.8, 4) is 0 Å². The molecule has 0 spiro atoms. The van der Waals surface area contributed by atoms with Crippen molar-refractivity contribution in [1.82, 2.24) is 9.88 Å². The fourth-order valence-electron chi connectivity index (χ4n) is 1.30. The molecular formula is C11H16N2O3S. The maximum Gasteiger partial charge on any atom is 0.323 e. The molecule has 0 radical (unpaired) electrons. The number of hydrogen-bond acceptors (Lipinski definition) is 4. The van der Waals surface area contributed by atoms with Gasteiger partial charge < -0.3 is 10.0 Å². The van der Waals surface area contributed by atoms with Crippen molar-refractivity contribution < 1.29 is 14.7 Å². The van der Waals surface area contributed by atoms with Crippen molar-refractivity contribution >= 4 is 23.2 Å². The first-order valence-corrected chi connectivity index (χ1v) is 6.24. The molecule has 0 saturated carbocycles. The van der Waals surface area contributed by atoms with Crippen LogP contribution in [0.15, 0.2) is 6.20 Å². The molecule has 0 fully saturated rings. The predicted octanol–water partition coefficient (Wildman–Crippen LogP) is 1.81. The zero-order valence-electron chi connectivity index (χ0n) is 10.1. The Kier molecular flexibility index (Phi) is 4.62. The molecule has 1 N–H and O–H groups in total. The molecule has 0 aliphatic heterocycles. The van der Waals surface area contributed by atoms with Gasteiger partial charge in [0, 0.05) is 12.5 Å². The highest BCUT2D eigenvalue weighted by Gasteiger charge is 2.19. The molecule has 1 aromatic rings. The highest BCUT2D eigenvalue weighted by atomic mass is 32.1. The summed E-state index contributed by atoms with van der Waals surface area (Å²) in [6.07, 6.45) is 1.52. The van der Waals surface area contributed by atoms with E-state index in [9.17, 15) is 9.59 Å². The van der Waals surface area contributed by atoms with Gasteiger partial charge in [-0.1, -0.05) is 13.8 Å². The van der Waals surface area contributed by atoms with Crippen molar-refractivity contribution in [2.75, 3.05) is 13.1 Å². The Hall–Kier alpha value is -1.43. The monoisotopic (exact) mass is 256 g/mol. The zero-order valence-corrected chi connectivity index (χ0v) is 11.0. The van der Waals surface area contributed by atoms with Crippen molar-refractivity contribution in [2.24, 2.45) is 0 Å². The van der Waals surface area contributed by atoms with E-state index in [2.05, 4.69) is 4.98 Å². The fourth-order valence-corrected chi connectivity index (χ4v) is 2.19. The lowest BCUT2D eigenvalue weighted by molar-refractivity contribution is -0.137. The van der Waals surface area contributed by atoms with E-state index in [0.29, 0.717) is 11.4 Å². The van der Waals surface area contributed by atoms with Gasteiger partial charge in [0.05, 0.1) is 11.2 Å². The van der Waals surface area contributed by atoms with Crippen LogP contribution in [0.4, 0.5) is 0 Å². The minimum atomic E-state index is -1.01. The van der Waals surface area contributed by atoms with Crippen LogP contribution in [0.1, 0.15) is 41.4 Å². The first-order valence-electron chi connectivity index (χ1n) is 5.42. The number of carboxylic acids is 1. The number of aromatic nitrogens is 1. The van der Waals surface area contributed by atoms with Crippen LogP contribution in [0, 0.1) is 0 Å².